The molecule has 1 saturated carbocycles. The monoisotopic (exact) mass is 425 g/mol. The number of nitrogens with zero attached hydrogens (tertiary/aromatic N) is 6. The van der Waals surface area contributed by atoms with Gasteiger partial charge in [0.15, 0.2) is 23.0 Å². The van der Waals surface area contributed by atoms with Gasteiger partial charge < -0.3 is 20.9 Å². The van der Waals surface area contributed by atoms with Gasteiger partial charge in [0.25, 0.3) is 5.91 Å². The third kappa shape index (κ3) is 3.71. The second-order valence-corrected chi connectivity index (χ2v) is 7.55. The molecular formula is C19H20FN9O2. The van der Waals surface area contributed by atoms with Crippen molar-refractivity contribution in [2.75, 3.05) is 35.7 Å². The van der Waals surface area contributed by atoms with Crippen molar-refractivity contribution in [3.8, 4) is 0 Å². The van der Waals surface area contributed by atoms with Crippen molar-refractivity contribution in [1.29, 1.82) is 0 Å². The highest BCUT2D eigenvalue weighted by atomic mass is 19.1. The molecule has 2 amide bonds. The Morgan fingerprint density at radius 3 is 2.68 bits per heavy atom. The van der Waals surface area contributed by atoms with Gasteiger partial charge in [-0.15, -0.1) is 15.3 Å². The summed E-state index contributed by atoms with van der Waals surface area (Å²) in [4.78, 5) is 30.5. The van der Waals surface area contributed by atoms with Crippen LogP contribution in [-0.2, 0) is 4.79 Å². The van der Waals surface area contributed by atoms with E-state index in [-0.39, 0.29) is 40.6 Å². The number of hydrogen-bond donors (Lipinski definition) is 3. The molecular weight excluding hydrogens is 405 g/mol. The van der Waals surface area contributed by atoms with Crippen LogP contribution in [0.5, 0.6) is 0 Å². The van der Waals surface area contributed by atoms with E-state index in [1.807, 2.05) is 4.90 Å². The van der Waals surface area contributed by atoms with Gasteiger partial charge in [0.05, 0.1) is 17.6 Å². The maximum atomic E-state index is 14.6. The van der Waals surface area contributed by atoms with Crippen molar-refractivity contribution in [3.63, 3.8) is 0 Å². The normalized spacial score (nSPS) is 15.5. The van der Waals surface area contributed by atoms with Crippen LogP contribution in [0.3, 0.4) is 0 Å². The third-order valence-electron chi connectivity index (χ3n) is 5.28. The van der Waals surface area contributed by atoms with Crippen LogP contribution in [0.25, 0.3) is 5.65 Å². The molecule has 160 valence electrons. The van der Waals surface area contributed by atoms with E-state index in [0.717, 1.165) is 38.0 Å². The average molecular weight is 425 g/mol. The van der Waals surface area contributed by atoms with Crippen molar-refractivity contribution in [2.24, 2.45) is 5.92 Å². The number of amides is 2. The molecule has 0 radical (unpaired) electrons. The molecule has 3 aromatic heterocycles. The molecule has 3 N–H and O–H groups in total. The summed E-state index contributed by atoms with van der Waals surface area (Å²) in [6, 6.07) is 2.91. The lowest BCUT2D eigenvalue weighted by atomic mass is 10.2. The van der Waals surface area contributed by atoms with Gasteiger partial charge in [0.1, 0.15) is 0 Å². The largest absolute Gasteiger partial charge is 0.370 e. The zero-order valence-electron chi connectivity index (χ0n) is 16.7. The fourth-order valence-electron chi connectivity index (χ4n) is 3.26. The van der Waals surface area contributed by atoms with E-state index in [9.17, 15) is 14.0 Å². The summed E-state index contributed by atoms with van der Waals surface area (Å²) in [6.07, 6.45) is 4.47. The quantitative estimate of drug-likeness (QED) is 0.539. The minimum atomic E-state index is -0.498. The van der Waals surface area contributed by atoms with E-state index < -0.39 is 11.7 Å². The lowest BCUT2D eigenvalue weighted by Crippen LogP contribution is -2.37. The van der Waals surface area contributed by atoms with E-state index >= 15 is 0 Å². The minimum Gasteiger partial charge on any atom is -0.370 e. The highest BCUT2D eigenvalue weighted by molar-refractivity contribution is 5.99. The van der Waals surface area contributed by atoms with Crippen LogP contribution in [0.4, 0.5) is 27.5 Å². The Kier molecular flexibility index (Phi) is 4.60. The molecule has 11 nitrogen and oxygen atoms in total. The summed E-state index contributed by atoms with van der Waals surface area (Å²) < 4.78 is 15.9. The molecule has 0 unspecified atom stereocenters. The Bertz CT molecular complexity index is 1190. The van der Waals surface area contributed by atoms with Crippen LogP contribution in [0.1, 0.15) is 29.8 Å². The molecule has 4 heterocycles. The van der Waals surface area contributed by atoms with Crippen molar-refractivity contribution < 1.29 is 14.0 Å². The molecule has 2 aliphatic rings. The zero-order valence-corrected chi connectivity index (χ0v) is 16.7. The number of carbonyl (C=O) groups is 2. The molecule has 3 aromatic rings. The second kappa shape index (κ2) is 7.45. The lowest BCUT2D eigenvalue weighted by molar-refractivity contribution is -0.117. The molecule has 0 aromatic carbocycles. The first kappa shape index (κ1) is 19.2. The van der Waals surface area contributed by atoms with E-state index in [1.165, 1.54) is 23.7 Å². The maximum absolute atomic E-state index is 14.6. The Balaban J connectivity index is 1.46. The van der Waals surface area contributed by atoms with Gasteiger partial charge in [-0.1, -0.05) is 0 Å². The van der Waals surface area contributed by atoms with Gasteiger partial charge in [-0.05, 0) is 19.3 Å². The van der Waals surface area contributed by atoms with Crippen molar-refractivity contribution >= 4 is 40.6 Å². The van der Waals surface area contributed by atoms with Gasteiger partial charge >= 0.3 is 0 Å². The van der Waals surface area contributed by atoms with Gasteiger partial charge in [-0.25, -0.2) is 8.91 Å². The third-order valence-corrected chi connectivity index (χ3v) is 5.28. The fourth-order valence-corrected chi connectivity index (χ4v) is 3.26. The molecule has 0 spiro atoms. The van der Waals surface area contributed by atoms with E-state index in [0.29, 0.717) is 0 Å². The SMILES string of the molecule is CNC(=O)c1nnc(NC(=O)C2CC2)cc1Nc1nc2c(F)cc(N3CCC3)cn2n1. The predicted octanol–water partition coefficient (Wildman–Crippen LogP) is 1.32. The van der Waals surface area contributed by atoms with Crippen LogP contribution in [-0.4, -0.2) is 56.7 Å². The first-order chi connectivity index (χ1) is 15.0. The number of pyridine rings is 1. The highest BCUT2D eigenvalue weighted by Gasteiger charge is 2.30. The maximum Gasteiger partial charge on any atom is 0.273 e. The Hall–Kier alpha value is -3.83. The topological polar surface area (TPSA) is 129 Å². The molecule has 0 bridgehead atoms. The summed E-state index contributed by atoms with van der Waals surface area (Å²) in [6.45, 7) is 1.75. The van der Waals surface area contributed by atoms with Crippen LogP contribution < -0.4 is 20.9 Å². The fraction of sp³-hybridized carbons (Fsp3) is 0.368. The molecule has 2 fully saturated rings. The van der Waals surface area contributed by atoms with Crippen molar-refractivity contribution in [1.82, 2.24) is 30.1 Å². The first-order valence-corrected chi connectivity index (χ1v) is 10.0. The molecule has 1 aliphatic heterocycles. The zero-order chi connectivity index (χ0) is 21.5. The second-order valence-electron chi connectivity index (χ2n) is 7.55. The highest BCUT2D eigenvalue weighted by Crippen LogP contribution is 2.30. The van der Waals surface area contributed by atoms with Crippen molar-refractivity contribution in [2.45, 2.75) is 19.3 Å². The molecule has 1 aliphatic carbocycles. The number of rotatable bonds is 6. The minimum absolute atomic E-state index is 0.00693. The molecule has 12 heteroatoms. The van der Waals surface area contributed by atoms with E-state index in [4.69, 9.17) is 0 Å². The smallest absolute Gasteiger partial charge is 0.273 e. The summed E-state index contributed by atoms with van der Waals surface area (Å²) in [7, 11) is 1.46. The number of carbonyl (C=O) groups excluding carboxylic acids is 2. The number of nitrogens with one attached hydrogen (secondary N) is 3. The average Bonchev–Trinajstić information content (AvgIpc) is 3.47. The predicted molar refractivity (Wildman–Crippen MR) is 110 cm³/mol. The lowest BCUT2D eigenvalue weighted by Gasteiger charge is -2.32. The van der Waals surface area contributed by atoms with Crippen LogP contribution in [0, 0.1) is 11.7 Å². The molecule has 1 saturated heterocycles. The van der Waals surface area contributed by atoms with E-state index in [2.05, 4.69) is 36.2 Å². The first-order valence-electron chi connectivity index (χ1n) is 10.0. The summed E-state index contributed by atoms with van der Waals surface area (Å²) >= 11 is 0. The molecule has 0 atom stereocenters. The Morgan fingerprint density at radius 2 is 2.00 bits per heavy atom. The Labute approximate surface area is 176 Å². The molecule has 31 heavy (non-hydrogen) atoms. The number of anilines is 4. The van der Waals surface area contributed by atoms with Gasteiger partial charge in [0, 0.05) is 38.2 Å². The van der Waals surface area contributed by atoms with Crippen LogP contribution in [0.2, 0.25) is 0 Å². The number of halogens is 1. The standard InChI is InChI=1S/C19H20FN9O2/c1-21-18(31)15-13(8-14(25-26-15)23-17(30)10-3-4-10)22-19-24-16-12(20)7-11(9-29(16)27-19)28-5-2-6-28/h7-10H,2-6H2,1H3,(H,21,31)(H2,22,23,25,27,30). The van der Waals surface area contributed by atoms with Crippen LogP contribution in [0.15, 0.2) is 18.3 Å². The summed E-state index contributed by atoms with van der Waals surface area (Å²) in [5.74, 6) is -0.856. The van der Waals surface area contributed by atoms with Gasteiger partial charge in [-0.3, -0.25) is 9.59 Å². The summed E-state index contributed by atoms with van der Waals surface area (Å²) in [5, 5.41) is 20.2. The van der Waals surface area contributed by atoms with Gasteiger partial charge in [0.2, 0.25) is 11.9 Å². The molecule has 5 rings (SSSR count). The number of hydrogen-bond acceptors (Lipinski definition) is 8. The number of aromatic nitrogens is 5. The number of fused-ring (bicyclic) bond motifs is 1. The van der Waals surface area contributed by atoms with Crippen LogP contribution >= 0.6 is 0 Å². The van der Waals surface area contributed by atoms with E-state index in [1.54, 1.807) is 6.20 Å². The summed E-state index contributed by atoms with van der Waals surface area (Å²) in [5.41, 5.74) is 1.01. The van der Waals surface area contributed by atoms with Gasteiger partial charge in [-0.2, -0.15) is 4.98 Å². The van der Waals surface area contributed by atoms with Crippen molar-refractivity contribution in [3.05, 3.63) is 29.8 Å². The Morgan fingerprint density at radius 1 is 1.19 bits per heavy atom.